The van der Waals surface area contributed by atoms with Gasteiger partial charge in [0.1, 0.15) is 0 Å². The predicted octanol–water partition coefficient (Wildman–Crippen LogP) is 4.32. The Bertz CT molecular complexity index is 658. The van der Waals surface area contributed by atoms with Crippen molar-refractivity contribution in [1.82, 2.24) is 0 Å². The van der Waals surface area contributed by atoms with Crippen LogP contribution in [0.1, 0.15) is 42.5 Å². The molecule has 0 spiro atoms. The van der Waals surface area contributed by atoms with Crippen LogP contribution in [0.4, 0.5) is 11.4 Å². The van der Waals surface area contributed by atoms with Gasteiger partial charge in [0.2, 0.25) is 5.91 Å². The van der Waals surface area contributed by atoms with Crippen LogP contribution >= 0.6 is 67.8 Å². The maximum absolute atomic E-state index is 12.8. The molecule has 0 atom stereocenters. The molecule has 0 bridgehead atoms. The Kier molecular flexibility index (Phi) is 6.79. The number of anilines is 2. The predicted molar refractivity (Wildman–Crippen MR) is 116 cm³/mol. The van der Waals surface area contributed by atoms with Crippen LogP contribution in [0.2, 0.25) is 0 Å². The van der Waals surface area contributed by atoms with Crippen molar-refractivity contribution in [3.63, 3.8) is 0 Å². The number of nitrogens with two attached hydrogens (primary N) is 1. The first-order chi connectivity index (χ1) is 10.8. The molecular formula is C15H17I3N2O3. The van der Waals surface area contributed by atoms with Gasteiger partial charge in [-0.2, -0.15) is 0 Å². The van der Waals surface area contributed by atoms with E-state index in [2.05, 4.69) is 22.6 Å². The van der Waals surface area contributed by atoms with Crippen molar-refractivity contribution in [2.24, 2.45) is 5.92 Å². The lowest BCUT2D eigenvalue weighted by Gasteiger charge is -2.29. The first-order valence-electron chi connectivity index (χ1n) is 7.24. The van der Waals surface area contributed by atoms with Gasteiger partial charge in [-0.25, -0.2) is 4.79 Å². The number of hydrogen-bond acceptors (Lipinski definition) is 3. The summed E-state index contributed by atoms with van der Waals surface area (Å²) in [6.07, 6.45) is 5.15. The second-order valence-electron chi connectivity index (χ2n) is 5.62. The van der Waals surface area contributed by atoms with Crippen LogP contribution < -0.4 is 10.6 Å². The van der Waals surface area contributed by atoms with Crippen molar-refractivity contribution in [2.75, 3.05) is 17.7 Å². The first kappa shape index (κ1) is 19.5. The minimum Gasteiger partial charge on any atom is -0.478 e. The van der Waals surface area contributed by atoms with Crippen LogP contribution in [0.25, 0.3) is 0 Å². The highest BCUT2D eigenvalue weighted by Crippen LogP contribution is 2.40. The average Bonchev–Trinajstić information content (AvgIpc) is 2.52. The Balaban J connectivity index is 2.49. The number of carboxylic acid groups (broad SMARTS) is 1. The van der Waals surface area contributed by atoms with Gasteiger partial charge in [0, 0.05) is 13.0 Å². The smallest absolute Gasteiger partial charge is 0.338 e. The Morgan fingerprint density at radius 1 is 1.09 bits per heavy atom. The van der Waals surface area contributed by atoms with Gasteiger partial charge in [-0.1, -0.05) is 19.3 Å². The zero-order valence-corrected chi connectivity index (χ0v) is 19.0. The van der Waals surface area contributed by atoms with Gasteiger partial charge < -0.3 is 15.7 Å². The number of amides is 1. The fraction of sp³-hybridized carbons (Fsp3) is 0.467. The number of benzene rings is 1. The zero-order chi connectivity index (χ0) is 17.3. The third-order valence-corrected chi connectivity index (χ3v) is 7.42. The summed E-state index contributed by atoms with van der Waals surface area (Å²) in [7, 11) is 1.72. The highest BCUT2D eigenvalue weighted by atomic mass is 127. The van der Waals surface area contributed by atoms with Crippen molar-refractivity contribution in [2.45, 2.75) is 32.1 Å². The third kappa shape index (κ3) is 3.88. The molecule has 1 fully saturated rings. The van der Waals surface area contributed by atoms with Crippen LogP contribution in [-0.4, -0.2) is 24.0 Å². The van der Waals surface area contributed by atoms with Gasteiger partial charge in [0.05, 0.1) is 27.6 Å². The Morgan fingerprint density at radius 2 is 1.65 bits per heavy atom. The molecular weight excluding hydrogens is 637 g/mol. The maximum atomic E-state index is 12.8. The topological polar surface area (TPSA) is 83.6 Å². The molecule has 1 aliphatic carbocycles. The lowest BCUT2D eigenvalue weighted by Crippen LogP contribution is -2.35. The van der Waals surface area contributed by atoms with Gasteiger partial charge in [-0.05, 0) is 80.6 Å². The van der Waals surface area contributed by atoms with Gasteiger partial charge >= 0.3 is 5.97 Å². The summed E-state index contributed by atoms with van der Waals surface area (Å²) in [6, 6.07) is 0. The molecule has 0 radical (unpaired) electrons. The number of carboxylic acids is 1. The molecule has 0 aromatic heterocycles. The molecule has 3 N–H and O–H groups in total. The molecule has 126 valence electrons. The lowest BCUT2D eigenvalue weighted by atomic mass is 9.88. The number of carbonyl (C=O) groups is 2. The molecule has 0 unspecified atom stereocenters. The van der Waals surface area contributed by atoms with E-state index in [4.69, 9.17) is 5.73 Å². The van der Waals surface area contributed by atoms with E-state index >= 15 is 0 Å². The number of aromatic carboxylic acids is 1. The number of hydrogen-bond donors (Lipinski definition) is 2. The van der Waals surface area contributed by atoms with Crippen LogP contribution in [0.5, 0.6) is 0 Å². The second kappa shape index (κ2) is 8.02. The summed E-state index contributed by atoms with van der Waals surface area (Å²) in [5.41, 5.74) is 7.28. The Labute approximate surface area is 176 Å². The van der Waals surface area contributed by atoms with E-state index in [1.54, 1.807) is 11.9 Å². The molecule has 0 saturated heterocycles. The van der Waals surface area contributed by atoms with Crippen molar-refractivity contribution >= 4 is 91.0 Å². The fourth-order valence-corrected chi connectivity index (χ4v) is 7.24. The summed E-state index contributed by atoms with van der Waals surface area (Å²) < 4.78 is 1.81. The van der Waals surface area contributed by atoms with Crippen molar-refractivity contribution in [3.05, 3.63) is 16.3 Å². The summed E-state index contributed by atoms with van der Waals surface area (Å²) >= 11 is 6.05. The fourth-order valence-electron chi connectivity index (χ4n) is 2.89. The average molecular weight is 654 g/mol. The summed E-state index contributed by atoms with van der Waals surface area (Å²) in [5.74, 6) is -0.951. The summed E-state index contributed by atoms with van der Waals surface area (Å²) in [6.45, 7) is 0. The molecule has 1 aromatic rings. The van der Waals surface area contributed by atoms with Crippen molar-refractivity contribution in [3.8, 4) is 0 Å². The van der Waals surface area contributed by atoms with Crippen molar-refractivity contribution in [1.29, 1.82) is 0 Å². The van der Waals surface area contributed by atoms with Gasteiger partial charge in [-0.3, -0.25) is 4.79 Å². The molecule has 1 aromatic carbocycles. The molecule has 1 saturated carbocycles. The first-order valence-corrected chi connectivity index (χ1v) is 10.5. The largest absolute Gasteiger partial charge is 0.478 e. The van der Waals surface area contributed by atoms with Crippen LogP contribution in [0.3, 0.4) is 0 Å². The lowest BCUT2D eigenvalue weighted by molar-refractivity contribution is -0.123. The molecule has 8 heteroatoms. The molecule has 1 aliphatic rings. The highest BCUT2D eigenvalue weighted by molar-refractivity contribution is 14.1. The number of rotatable bonds is 3. The van der Waals surface area contributed by atoms with E-state index in [1.807, 2.05) is 45.2 Å². The van der Waals surface area contributed by atoms with E-state index in [1.165, 1.54) is 6.42 Å². The highest BCUT2D eigenvalue weighted by Gasteiger charge is 2.30. The molecule has 0 heterocycles. The van der Waals surface area contributed by atoms with E-state index in [0.717, 1.165) is 29.3 Å². The maximum Gasteiger partial charge on any atom is 0.338 e. The number of nitrogen functional groups attached to an aromatic ring is 1. The van der Waals surface area contributed by atoms with Crippen LogP contribution in [0, 0.1) is 16.6 Å². The Hall–Kier alpha value is 0.150. The van der Waals surface area contributed by atoms with Crippen LogP contribution in [-0.2, 0) is 4.79 Å². The SMILES string of the molecule is CN(C(=O)C1CCCCC1)c1c(I)c(N)c(I)c(C(=O)O)c1I. The normalized spacial score (nSPS) is 15.5. The quantitative estimate of drug-likeness (QED) is 0.376. The number of carbonyl (C=O) groups excluding carboxylic acids is 1. The molecule has 1 amide bonds. The van der Waals surface area contributed by atoms with E-state index in [9.17, 15) is 14.7 Å². The van der Waals surface area contributed by atoms with Gasteiger partial charge in [0.25, 0.3) is 0 Å². The molecule has 2 rings (SSSR count). The van der Waals surface area contributed by atoms with Crippen molar-refractivity contribution < 1.29 is 14.7 Å². The van der Waals surface area contributed by atoms with Gasteiger partial charge in [0.15, 0.2) is 0 Å². The standard InChI is InChI=1S/C15H17I3N2O3/c1-20(14(21)7-5-3-2-4-6-7)13-10(17)8(15(22)23)9(16)12(19)11(13)18/h7H,2-6,19H2,1H3,(H,22,23). The second-order valence-corrected chi connectivity index (χ2v) is 8.85. The number of halogens is 3. The number of nitrogens with zero attached hydrogens (tertiary/aromatic N) is 1. The van der Waals surface area contributed by atoms with E-state index in [0.29, 0.717) is 18.5 Å². The van der Waals surface area contributed by atoms with Gasteiger partial charge in [-0.15, -0.1) is 0 Å². The summed E-state index contributed by atoms with van der Waals surface area (Å²) in [4.78, 5) is 26.0. The monoisotopic (exact) mass is 654 g/mol. The van der Waals surface area contributed by atoms with E-state index in [-0.39, 0.29) is 17.4 Å². The minimum atomic E-state index is -1.03. The molecule has 23 heavy (non-hydrogen) atoms. The van der Waals surface area contributed by atoms with E-state index < -0.39 is 5.97 Å². The molecule has 0 aliphatic heterocycles. The van der Waals surface area contributed by atoms with Crippen LogP contribution in [0.15, 0.2) is 0 Å². The summed E-state index contributed by atoms with van der Waals surface area (Å²) in [5, 5.41) is 9.48. The Morgan fingerprint density at radius 3 is 2.17 bits per heavy atom. The third-order valence-electron chi connectivity index (χ3n) is 4.16. The zero-order valence-electron chi connectivity index (χ0n) is 12.5. The molecule has 5 nitrogen and oxygen atoms in total. The minimum absolute atomic E-state index is 0.0223.